The number of cyclic esters (lactones) is 1. The number of benzene rings is 2. The first-order valence-corrected chi connectivity index (χ1v) is 10.4. The number of hydrogen-bond donors (Lipinski definition) is 1. The van der Waals surface area contributed by atoms with Crippen molar-refractivity contribution >= 4 is 34.5 Å². The fourth-order valence-electron chi connectivity index (χ4n) is 3.75. The molecule has 0 saturated carbocycles. The number of esters is 1. The maximum Gasteiger partial charge on any atom is 0.365 e. The van der Waals surface area contributed by atoms with Gasteiger partial charge in [-0.3, -0.25) is 4.98 Å². The Morgan fingerprint density at radius 2 is 1.72 bits per heavy atom. The zero-order valence-electron chi connectivity index (χ0n) is 17.3. The number of nitrogens with one attached hydrogen (secondary N) is 1. The van der Waals surface area contributed by atoms with Gasteiger partial charge in [0, 0.05) is 55.2 Å². The van der Waals surface area contributed by atoms with Crippen LogP contribution in [0.2, 0.25) is 0 Å². The Kier molecular flexibility index (Phi) is 5.25. The molecule has 3 heterocycles. The summed E-state index contributed by atoms with van der Waals surface area (Å²) in [5.41, 5.74) is 2.56. The maximum atomic E-state index is 12.5. The second-order valence-electron chi connectivity index (χ2n) is 7.52. The fraction of sp³-hybridized carbons (Fsp3) is 0.167. The summed E-state index contributed by atoms with van der Waals surface area (Å²) >= 11 is 0. The van der Waals surface area contributed by atoms with Crippen LogP contribution < -0.4 is 5.32 Å². The molecular formula is C24H21N5O3. The van der Waals surface area contributed by atoms with Gasteiger partial charge in [0.15, 0.2) is 5.70 Å². The molecule has 32 heavy (non-hydrogen) atoms. The van der Waals surface area contributed by atoms with Crippen LogP contribution in [0.3, 0.4) is 0 Å². The third kappa shape index (κ3) is 4.02. The number of aromatic nitrogens is 1. The van der Waals surface area contributed by atoms with Gasteiger partial charge in [0.2, 0.25) is 5.90 Å². The minimum atomic E-state index is -0.481. The molecule has 8 heteroatoms. The number of anilines is 1. The van der Waals surface area contributed by atoms with Gasteiger partial charge in [-0.1, -0.05) is 36.4 Å². The highest BCUT2D eigenvalue weighted by molar-refractivity contribution is 6.15. The van der Waals surface area contributed by atoms with Crippen LogP contribution in [0.4, 0.5) is 10.5 Å². The molecule has 160 valence electrons. The van der Waals surface area contributed by atoms with E-state index in [1.165, 1.54) is 0 Å². The van der Waals surface area contributed by atoms with Crippen molar-refractivity contribution in [2.24, 2.45) is 4.99 Å². The molecule has 5 rings (SSSR count). The van der Waals surface area contributed by atoms with E-state index >= 15 is 0 Å². The topological polar surface area (TPSA) is 87.1 Å². The lowest BCUT2D eigenvalue weighted by Crippen LogP contribution is -2.48. The summed E-state index contributed by atoms with van der Waals surface area (Å²) in [6.07, 6.45) is 3.39. The van der Waals surface area contributed by atoms with Crippen molar-refractivity contribution in [2.75, 3.05) is 31.5 Å². The van der Waals surface area contributed by atoms with Gasteiger partial charge in [0.25, 0.3) is 0 Å². The Balaban J connectivity index is 1.26. The number of rotatable bonds is 3. The largest absolute Gasteiger partial charge is 0.402 e. The monoisotopic (exact) mass is 427 g/mol. The molecule has 2 amide bonds. The van der Waals surface area contributed by atoms with Crippen LogP contribution in [0.15, 0.2) is 83.7 Å². The van der Waals surface area contributed by atoms with Crippen molar-refractivity contribution in [3.05, 3.63) is 84.3 Å². The molecule has 0 atom stereocenters. The molecule has 0 unspecified atom stereocenters. The summed E-state index contributed by atoms with van der Waals surface area (Å²) in [7, 11) is 0. The number of fused-ring (bicyclic) bond motifs is 1. The van der Waals surface area contributed by atoms with E-state index in [1.54, 1.807) is 23.4 Å². The van der Waals surface area contributed by atoms with Gasteiger partial charge in [-0.05, 0) is 24.3 Å². The number of amides is 2. The lowest BCUT2D eigenvalue weighted by molar-refractivity contribution is -0.130. The van der Waals surface area contributed by atoms with E-state index in [9.17, 15) is 9.59 Å². The Morgan fingerprint density at radius 1 is 0.969 bits per heavy atom. The van der Waals surface area contributed by atoms with Gasteiger partial charge >= 0.3 is 12.0 Å². The molecule has 2 aromatic carbocycles. The average Bonchev–Trinajstić information content (AvgIpc) is 3.19. The Bertz CT molecular complexity index is 1230. The number of urea groups is 1. The zero-order chi connectivity index (χ0) is 21.9. The van der Waals surface area contributed by atoms with Crippen molar-refractivity contribution < 1.29 is 14.3 Å². The predicted octanol–water partition coefficient (Wildman–Crippen LogP) is 3.23. The number of aliphatic imine (C=N–C) groups is 1. The first-order valence-electron chi connectivity index (χ1n) is 10.4. The van der Waals surface area contributed by atoms with Crippen LogP contribution in [0.1, 0.15) is 5.56 Å². The predicted molar refractivity (Wildman–Crippen MR) is 121 cm³/mol. The second-order valence-corrected chi connectivity index (χ2v) is 7.52. The molecule has 8 nitrogen and oxygen atoms in total. The van der Waals surface area contributed by atoms with E-state index in [-0.39, 0.29) is 17.6 Å². The van der Waals surface area contributed by atoms with Crippen molar-refractivity contribution in [1.29, 1.82) is 0 Å². The van der Waals surface area contributed by atoms with Crippen molar-refractivity contribution in [3.63, 3.8) is 0 Å². The minimum Gasteiger partial charge on any atom is -0.402 e. The van der Waals surface area contributed by atoms with Gasteiger partial charge in [0.05, 0.1) is 5.52 Å². The van der Waals surface area contributed by atoms with Crippen molar-refractivity contribution in [2.45, 2.75) is 0 Å². The number of para-hydroxylation sites is 2. The number of nitrogens with zero attached hydrogens (tertiary/aromatic N) is 4. The van der Waals surface area contributed by atoms with Crippen molar-refractivity contribution in [1.82, 2.24) is 14.8 Å². The molecule has 0 aliphatic carbocycles. The van der Waals surface area contributed by atoms with Crippen LogP contribution >= 0.6 is 0 Å². The molecule has 1 aromatic heterocycles. The minimum absolute atomic E-state index is 0.131. The van der Waals surface area contributed by atoms with Crippen LogP contribution in [-0.2, 0) is 9.53 Å². The van der Waals surface area contributed by atoms with E-state index in [0.29, 0.717) is 26.2 Å². The van der Waals surface area contributed by atoms with Crippen LogP contribution in [0.5, 0.6) is 0 Å². The molecule has 0 radical (unpaired) electrons. The molecule has 0 spiro atoms. The van der Waals surface area contributed by atoms with Crippen LogP contribution in [0.25, 0.3) is 10.9 Å². The number of pyridine rings is 1. The quantitative estimate of drug-likeness (QED) is 0.512. The Labute approximate surface area is 184 Å². The van der Waals surface area contributed by atoms with Crippen LogP contribution in [0, 0.1) is 0 Å². The smallest absolute Gasteiger partial charge is 0.365 e. The van der Waals surface area contributed by atoms with Gasteiger partial charge in [0.1, 0.15) is 0 Å². The first-order chi connectivity index (χ1) is 15.7. The van der Waals surface area contributed by atoms with Crippen molar-refractivity contribution in [3.8, 4) is 0 Å². The number of carbonyl (C=O) groups excluding carboxylic acids is 2. The van der Waals surface area contributed by atoms with E-state index in [0.717, 1.165) is 22.2 Å². The van der Waals surface area contributed by atoms with E-state index in [2.05, 4.69) is 15.3 Å². The number of ether oxygens (including phenoxy) is 1. The molecule has 2 aliphatic rings. The van der Waals surface area contributed by atoms with Gasteiger partial charge in [-0.15, -0.1) is 0 Å². The van der Waals surface area contributed by atoms with E-state index < -0.39 is 5.97 Å². The summed E-state index contributed by atoms with van der Waals surface area (Å²) in [6.45, 7) is 2.29. The molecule has 1 N–H and O–H groups in total. The highest BCUT2D eigenvalue weighted by atomic mass is 16.6. The van der Waals surface area contributed by atoms with E-state index in [1.807, 2.05) is 59.5 Å². The number of piperazine rings is 1. The molecular weight excluding hydrogens is 406 g/mol. The molecule has 1 fully saturated rings. The molecule has 0 bridgehead atoms. The molecule has 1 saturated heterocycles. The summed E-state index contributed by atoms with van der Waals surface area (Å²) < 4.78 is 5.45. The maximum absolute atomic E-state index is 12.5. The third-order valence-electron chi connectivity index (χ3n) is 5.43. The highest BCUT2D eigenvalue weighted by Gasteiger charge is 2.27. The SMILES string of the molecule is O=C1OC(c2ccnc3ccccc23)=NC1=CN1CCN(C(=O)Nc2ccccc2)CC1. The summed E-state index contributed by atoms with van der Waals surface area (Å²) in [4.78, 5) is 37.4. The number of hydrogen-bond acceptors (Lipinski definition) is 6. The standard InChI is InChI=1S/C24H21N5O3/c30-23-21(27-22(32-23)19-10-11-25-20-9-5-4-8-18(19)20)16-28-12-14-29(15-13-28)24(31)26-17-6-2-1-3-7-17/h1-11,16H,12-15H2,(H,26,31). The fourth-order valence-corrected chi connectivity index (χ4v) is 3.75. The molecule has 2 aliphatic heterocycles. The first kappa shape index (κ1) is 19.7. The Morgan fingerprint density at radius 3 is 2.53 bits per heavy atom. The van der Waals surface area contributed by atoms with Gasteiger partial charge < -0.3 is 19.9 Å². The molecule has 3 aromatic rings. The summed E-state index contributed by atoms with van der Waals surface area (Å²) in [5, 5.41) is 3.77. The van der Waals surface area contributed by atoms with Gasteiger partial charge in [-0.2, -0.15) is 0 Å². The summed E-state index contributed by atoms with van der Waals surface area (Å²) in [5.74, 6) is -0.203. The summed E-state index contributed by atoms with van der Waals surface area (Å²) in [6, 6.07) is 18.7. The van der Waals surface area contributed by atoms with Gasteiger partial charge in [-0.25, -0.2) is 14.6 Å². The zero-order valence-corrected chi connectivity index (χ0v) is 17.3. The normalized spacial score (nSPS) is 17.4. The lowest BCUT2D eigenvalue weighted by Gasteiger charge is -2.34. The van der Waals surface area contributed by atoms with E-state index in [4.69, 9.17) is 4.74 Å². The number of carbonyl (C=O) groups is 2. The Hall–Kier alpha value is -4.20. The third-order valence-corrected chi connectivity index (χ3v) is 5.43. The second kappa shape index (κ2) is 8.50. The lowest BCUT2D eigenvalue weighted by atomic mass is 10.1. The average molecular weight is 427 g/mol. The highest BCUT2D eigenvalue weighted by Crippen LogP contribution is 2.23. The van der Waals surface area contributed by atoms with Crippen LogP contribution in [-0.4, -0.2) is 58.9 Å².